The summed E-state index contributed by atoms with van der Waals surface area (Å²) in [5, 5.41) is 9.04. The number of alkyl halides is 3. The van der Waals surface area contributed by atoms with Crippen LogP contribution in [0.4, 0.5) is 18.0 Å². The van der Waals surface area contributed by atoms with Gasteiger partial charge in [0.2, 0.25) is 0 Å². The van der Waals surface area contributed by atoms with E-state index in [2.05, 4.69) is 0 Å². The monoisotopic (exact) mass is 342 g/mol. The van der Waals surface area contributed by atoms with E-state index in [0.29, 0.717) is 12.0 Å². The number of rotatable bonds is 3. The van der Waals surface area contributed by atoms with Crippen LogP contribution in [0.5, 0.6) is 0 Å². The molecule has 128 valence electrons. The lowest BCUT2D eigenvalue weighted by Gasteiger charge is -2.31. The number of fused-ring (bicyclic) bond motifs is 2. The number of hydrogen-bond donors (Lipinski definition) is 1. The average molecular weight is 342 g/mol. The van der Waals surface area contributed by atoms with Gasteiger partial charge in [0.25, 0.3) is 5.91 Å². The molecule has 3 amide bonds. The van der Waals surface area contributed by atoms with Gasteiger partial charge in [-0.25, -0.2) is 4.79 Å². The molecule has 1 aromatic rings. The van der Waals surface area contributed by atoms with Crippen LogP contribution in [0.15, 0.2) is 24.3 Å². The lowest BCUT2D eigenvalue weighted by Crippen LogP contribution is -2.47. The van der Waals surface area contributed by atoms with Gasteiger partial charge in [-0.1, -0.05) is 24.3 Å². The van der Waals surface area contributed by atoms with Crippen molar-refractivity contribution in [2.24, 2.45) is 0 Å². The van der Waals surface area contributed by atoms with E-state index >= 15 is 0 Å². The minimum Gasteiger partial charge on any atom is -0.480 e. The second-order valence-corrected chi connectivity index (χ2v) is 5.79. The van der Waals surface area contributed by atoms with Gasteiger partial charge in [0.15, 0.2) is 5.54 Å². The molecule has 0 aromatic heterocycles. The van der Waals surface area contributed by atoms with E-state index in [1.165, 1.54) is 0 Å². The number of aliphatic carboxylic acids is 1. The Balaban J connectivity index is 2.11. The number of halogens is 3. The van der Waals surface area contributed by atoms with Gasteiger partial charge >= 0.3 is 18.2 Å². The van der Waals surface area contributed by atoms with Crippen LogP contribution < -0.4 is 0 Å². The van der Waals surface area contributed by atoms with Crippen molar-refractivity contribution < 1.29 is 32.7 Å². The molecule has 3 rings (SSSR count). The van der Waals surface area contributed by atoms with Crippen LogP contribution in [-0.2, 0) is 21.5 Å². The molecule has 1 N–H and O–H groups in total. The highest BCUT2D eigenvalue weighted by Gasteiger charge is 2.62. The molecule has 0 radical (unpaired) electrons. The SMILES string of the molecule is O=C(O)CN1C(=O)N(CC(F)(F)F)C(=O)C12CCc1ccccc12. The molecule has 1 atom stereocenters. The first-order chi connectivity index (χ1) is 11.2. The highest BCUT2D eigenvalue weighted by molar-refractivity contribution is 6.09. The average Bonchev–Trinajstić information content (AvgIpc) is 2.95. The maximum atomic E-state index is 12.7. The fourth-order valence-corrected chi connectivity index (χ4v) is 3.49. The van der Waals surface area contributed by atoms with Gasteiger partial charge in [0.05, 0.1) is 0 Å². The van der Waals surface area contributed by atoms with Crippen LogP contribution in [-0.4, -0.2) is 52.1 Å². The summed E-state index contributed by atoms with van der Waals surface area (Å²) in [6, 6.07) is 5.37. The third-order valence-electron chi connectivity index (χ3n) is 4.37. The van der Waals surface area contributed by atoms with E-state index in [1.54, 1.807) is 24.3 Å². The molecule has 9 heteroatoms. The van der Waals surface area contributed by atoms with E-state index in [-0.39, 0.29) is 11.3 Å². The van der Waals surface area contributed by atoms with Crippen molar-refractivity contribution in [3.8, 4) is 0 Å². The molecule has 0 bridgehead atoms. The maximum absolute atomic E-state index is 12.7. The largest absolute Gasteiger partial charge is 0.480 e. The number of carboxylic acid groups (broad SMARTS) is 1. The van der Waals surface area contributed by atoms with E-state index in [1.807, 2.05) is 0 Å². The Morgan fingerprint density at radius 2 is 1.92 bits per heavy atom. The molecule has 6 nitrogen and oxygen atoms in total. The van der Waals surface area contributed by atoms with E-state index < -0.39 is 42.7 Å². The van der Waals surface area contributed by atoms with Gasteiger partial charge in [-0.15, -0.1) is 0 Å². The van der Waals surface area contributed by atoms with Gasteiger partial charge in [-0.3, -0.25) is 19.4 Å². The molecule has 1 heterocycles. The normalized spacial score (nSPS) is 23.3. The Hall–Kier alpha value is -2.58. The zero-order chi connectivity index (χ0) is 17.7. The molecule has 1 aliphatic heterocycles. The summed E-state index contributed by atoms with van der Waals surface area (Å²) >= 11 is 0. The zero-order valence-corrected chi connectivity index (χ0v) is 12.3. The lowest BCUT2D eigenvalue weighted by atomic mass is 9.90. The second-order valence-electron chi connectivity index (χ2n) is 5.79. The van der Waals surface area contributed by atoms with Crippen molar-refractivity contribution in [1.29, 1.82) is 0 Å². The Bertz CT molecular complexity index is 734. The molecular weight excluding hydrogens is 329 g/mol. The van der Waals surface area contributed by atoms with Crippen molar-refractivity contribution in [2.45, 2.75) is 24.6 Å². The van der Waals surface area contributed by atoms with E-state index in [9.17, 15) is 27.6 Å². The quantitative estimate of drug-likeness (QED) is 0.849. The number of carboxylic acids is 1. The number of carbonyl (C=O) groups excluding carboxylic acids is 2. The molecule has 1 unspecified atom stereocenters. The van der Waals surface area contributed by atoms with Gasteiger partial charge in [0, 0.05) is 0 Å². The number of imide groups is 1. The number of carbonyl (C=O) groups is 3. The van der Waals surface area contributed by atoms with E-state index in [4.69, 9.17) is 5.11 Å². The van der Waals surface area contributed by atoms with Crippen LogP contribution in [0.3, 0.4) is 0 Å². The summed E-state index contributed by atoms with van der Waals surface area (Å²) in [4.78, 5) is 37.1. The minimum absolute atomic E-state index is 0.0680. The first-order valence-corrected chi connectivity index (χ1v) is 7.17. The summed E-state index contributed by atoms with van der Waals surface area (Å²) in [7, 11) is 0. The Morgan fingerprint density at radius 3 is 2.54 bits per heavy atom. The lowest BCUT2D eigenvalue weighted by molar-refractivity contribution is -0.155. The number of nitrogens with zero attached hydrogens (tertiary/aromatic N) is 2. The molecule has 1 spiro atoms. The standard InChI is InChI=1S/C15H13F3N2O4/c16-15(17,18)8-19-12(23)14(20(13(19)24)7-11(21)22)6-5-9-3-1-2-4-10(9)14/h1-4H,5-8H2,(H,21,22). The fourth-order valence-electron chi connectivity index (χ4n) is 3.49. The van der Waals surface area contributed by atoms with E-state index in [0.717, 1.165) is 10.5 Å². The van der Waals surface area contributed by atoms with Crippen molar-refractivity contribution in [3.05, 3.63) is 35.4 Å². The van der Waals surface area contributed by atoms with Crippen molar-refractivity contribution in [1.82, 2.24) is 9.80 Å². The highest BCUT2D eigenvalue weighted by atomic mass is 19.4. The van der Waals surface area contributed by atoms with Crippen LogP contribution in [0.1, 0.15) is 17.5 Å². The van der Waals surface area contributed by atoms with Gasteiger partial charge in [-0.05, 0) is 24.0 Å². The zero-order valence-electron chi connectivity index (χ0n) is 12.3. The molecule has 1 aliphatic carbocycles. The summed E-state index contributed by atoms with van der Waals surface area (Å²) in [6.45, 7) is -2.57. The predicted molar refractivity (Wildman–Crippen MR) is 73.9 cm³/mol. The maximum Gasteiger partial charge on any atom is 0.406 e. The van der Waals surface area contributed by atoms with Crippen molar-refractivity contribution in [3.63, 3.8) is 0 Å². The molecule has 1 aromatic carbocycles. The highest BCUT2D eigenvalue weighted by Crippen LogP contribution is 2.47. The number of hydrogen-bond acceptors (Lipinski definition) is 3. The topological polar surface area (TPSA) is 77.9 Å². The minimum atomic E-state index is -4.76. The van der Waals surface area contributed by atoms with Crippen LogP contribution in [0, 0.1) is 0 Å². The molecule has 24 heavy (non-hydrogen) atoms. The molecule has 2 aliphatic rings. The molecule has 1 saturated heterocycles. The molecule has 0 saturated carbocycles. The van der Waals surface area contributed by atoms with Crippen LogP contribution >= 0.6 is 0 Å². The fraction of sp³-hybridized carbons (Fsp3) is 0.400. The Morgan fingerprint density at radius 1 is 1.25 bits per heavy atom. The summed E-state index contributed by atoms with van der Waals surface area (Å²) in [5.41, 5.74) is -0.547. The van der Waals surface area contributed by atoms with Crippen LogP contribution in [0.2, 0.25) is 0 Å². The number of amides is 3. The van der Waals surface area contributed by atoms with Crippen molar-refractivity contribution in [2.75, 3.05) is 13.1 Å². The number of benzene rings is 1. The summed E-state index contributed by atoms with van der Waals surface area (Å²) in [5.74, 6) is -2.41. The molecule has 1 fully saturated rings. The first kappa shape index (κ1) is 16.3. The third kappa shape index (κ3) is 2.31. The first-order valence-electron chi connectivity index (χ1n) is 7.17. The van der Waals surface area contributed by atoms with Gasteiger partial charge in [-0.2, -0.15) is 13.2 Å². The number of urea groups is 1. The molecular formula is C15H13F3N2O4. The summed E-state index contributed by atoms with van der Waals surface area (Å²) in [6.07, 6.45) is -4.31. The van der Waals surface area contributed by atoms with Gasteiger partial charge < -0.3 is 5.11 Å². The van der Waals surface area contributed by atoms with Crippen molar-refractivity contribution >= 4 is 17.9 Å². The third-order valence-corrected chi connectivity index (χ3v) is 4.37. The number of aryl methyl sites for hydroxylation is 1. The summed E-state index contributed by atoms with van der Waals surface area (Å²) < 4.78 is 38.2. The smallest absolute Gasteiger partial charge is 0.406 e. The van der Waals surface area contributed by atoms with Gasteiger partial charge in [0.1, 0.15) is 13.1 Å². The Labute approximate surface area is 134 Å². The predicted octanol–water partition coefficient (Wildman–Crippen LogP) is 1.74. The Kier molecular flexibility index (Phi) is 3.54. The second kappa shape index (κ2) is 5.22. The van der Waals surface area contributed by atoms with Crippen LogP contribution in [0.25, 0.3) is 0 Å².